The number of aliphatic hydroxyl groups excluding tert-OH is 1. The topological polar surface area (TPSA) is 76.0 Å². The Labute approximate surface area is 285 Å². The van der Waals surface area contributed by atoms with Crippen LogP contribution in [0.2, 0.25) is 0 Å². The summed E-state index contributed by atoms with van der Waals surface area (Å²) in [6.07, 6.45) is 16.6. The SMILES string of the molecule is C=C(c1ccccc1)[C@@]12CC[C@@H](O)[C@@H]1CC(CCCCCCCCCCCCCOP(=O)(O)OCC[N+](C)(C)C)=C2c1ccccc1. The third-order valence-corrected chi connectivity index (χ3v) is 11.3. The van der Waals surface area contributed by atoms with Crippen LogP contribution in [0.5, 0.6) is 0 Å². The molecule has 4 atom stereocenters. The molecule has 2 aliphatic carbocycles. The summed E-state index contributed by atoms with van der Waals surface area (Å²) >= 11 is 0. The molecule has 1 fully saturated rings. The molecule has 0 saturated heterocycles. The number of fused-ring (bicyclic) bond motifs is 1. The van der Waals surface area contributed by atoms with Gasteiger partial charge in [-0.2, -0.15) is 0 Å². The predicted octanol–water partition coefficient (Wildman–Crippen LogP) is 9.84. The zero-order chi connectivity index (χ0) is 33.8. The summed E-state index contributed by atoms with van der Waals surface area (Å²) in [6.45, 7) is 5.84. The molecule has 0 radical (unpaired) electrons. The van der Waals surface area contributed by atoms with E-state index in [0.29, 0.717) is 11.0 Å². The van der Waals surface area contributed by atoms with E-state index in [9.17, 15) is 14.6 Å². The molecule has 0 spiro atoms. The Balaban J connectivity index is 1.14. The van der Waals surface area contributed by atoms with Crippen molar-refractivity contribution >= 4 is 19.0 Å². The molecule has 1 unspecified atom stereocenters. The first kappa shape index (κ1) is 37.8. The van der Waals surface area contributed by atoms with Gasteiger partial charge in [-0.1, -0.05) is 131 Å². The first-order valence-corrected chi connectivity index (χ1v) is 19.7. The number of phosphoric ester groups is 1. The minimum absolute atomic E-state index is 0.189. The number of unbranched alkanes of at least 4 members (excludes halogenated alkanes) is 10. The molecule has 0 aromatic heterocycles. The summed E-state index contributed by atoms with van der Waals surface area (Å²) in [7, 11) is 2.11. The molecular formula is C40H61NO5P+. The number of rotatable bonds is 22. The van der Waals surface area contributed by atoms with E-state index in [2.05, 4.69) is 60.7 Å². The van der Waals surface area contributed by atoms with Gasteiger partial charge in [0.25, 0.3) is 0 Å². The number of hydrogen-bond acceptors (Lipinski definition) is 4. The first-order chi connectivity index (χ1) is 22.5. The largest absolute Gasteiger partial charge is 0.472 e. The maximum atomic E-state index is 12.0. The molecule has 6 nitrogen and oxygen atoms in total. The lowest BCUT2D eigenvalue weighted by atomic mass is 9.66. The third kappa shape index (κ3) is 11.0. The second-order valence-electron chi connectivity index (χ2n) is 14.9. The molecule has 0 aliphatic heterocycles. The van der Waals surface area contributed by atoms with Gasteiger partial charge >= 0.3 is 7.82 Å². The van der Waals surface area contributed by atoms with Crippen LogP contribution in [0.1, 0.15) is 107 Å². The van der Waals surface area contributed by atoms with Gasteiger partial charge in [0.1, 0.15) is 13.2 Å². The number of phosphoric acid groups is 1. The van der Waals surface area contributed by atoms with E-state index < -0.39 is 7.82 Å². The fraction of sp³-hybridized carbons (Fsp3) is 0.600. The van der Waals surface area contributed by atoms with Crippen molar-refractivity contribution in [1.82, 2.24) is 0 Å². The maximum absolute atomic E-state index is 12.0. The van der Waals surface area contributed by atoms with E-state index >= 15 is 0 Å². The zero-order valence-electron chi connectivity index (χ0n) is 29.4. The van der Waals surface area contributed by atoms with Crippen molar-refractivity contribution < 1.29 is 28.1 Å². The van der Waals surface area contributed by atoms with Crippen molar-refractivity contribution in [3.63, 3.8) is 0 Å². The second-order valence-corrected chi connectivity index (χ2v) is 16.3. The first-order valence-electron chi connectivity index (χ1n) is 18.2. The normalized spacial score (nSPS) is 22.4. The standard InChI is InChI=1S/C40H60NO5P/c1-33(34-22-17-14-18-23-34)40-28-27-38(42)37(40)32-36(39(40)35-24-19-15-20-25-35)26-16-12-10-8-6-5-7-9-11-13-21-30-45-47(43,44)46-31-29-41(2,3)4/h14-15,17-20,22-25,37-38,42H,1,5-13,16,21,26-32H2,2-4H3/p+1/t37-,38+,40-/m0/s1. The Bertz CT molecular complexity index is 1320. The van der Waals surface area contributed by atoms with Gasteiger partial charge in [0, 0.05) is 11.3 Å². The average Bonchev–Trinajstić information content (AvgIpc) is 3.55. The van der Waals surface area contributed by atoms with Crippen molar-refractivity contribution in [1.29, 1.82) is 0 Å². The Kier molecular flexibility index (Phi) is 14.5. The Morgan fingerprint density at radius 2 is 1.36 bits per heavy atom. The molecule has 2 N–H and O–H groups in total. The van der Waals surface area contributed by atoms with Gasteiger partial charge in [-0.25, -0.2) is 4.57 Å². The zero-order valence-corrected chi connectivity index (χ0v) is 30.3. The number of allylic oxidation sites excluding steroid dienone is 3. The molecule has 47 heavy (non-hydrogen) atoms. The van der Waals surface area contributed by atoms with E-state index in [-0.39, 0.29) is 30.7 Å². The average molecular weight is 667 g/mol. The quantitative estimate of drug-likeness (QED) is 0.0743. The lowest BCUT2D eigenvalue weighted by molar-refractivity contribution is -0.870. The summed E-state index contributed by atoms with van der Waals surface area (Å²) < 4.78 is 22.8. The van der Waals surface area contributed by atoms with E-state index in [0.717, 1.165) is 44.9 Å². The van der Waals surface area contributed by atoms with Crippen LogP contribution >= 0.6 is 7.82 Å². The number of hydrogen-bond donors (Lipinski definition) is 2. The fourth-order valence-electron chi connectivity index (χ4n) is 7.79. The number of quaternary nitrogens is 1. The molecular weight excluding hydrogens is 605 g/mol. The molecule has 7 heteroatoms. The lowest BCUT2D eigenvalue weighted by Crippen LogP contribution is -2.37. The number of nitrogens with zero attached hydrogens (tertiary/aromatic N) is 1. The van der Waals surface area contributed by atoms with Crippen molar-refractivity contribution in [2.24, 2.45) is 11.3 Å². The van der Waals surface area contributed by atoms with Crippen LogP contribution in [0.15, 0.2) is 72.8 Å². The molecule has 260 valence electrons. The van der Waals surface area contributed by atoms with Gasteiger partial charge in [-0.05, 0) is 60.8 Å². The van der Waals surface area contributed by atoms with E-state index in [1.54, 1.807) is 0 Å². The Hall–Kier alpha value is -2.05. The molecule has 1 saturated carbocycles. The summed E-state index contributed by atoms with van der Waals surface area (Å²) in [4.78, 5) is 9.80. The minimum Gasteiger partial charge on any atom is -0.393 e. The van der Waals surface area contributed by atoms with Crippen LogP contribution in [0.4, 0.5) is 0 Å². The Morgan fingerprint density at radius 3 is 1.96 bits per heavy atom. The summed E-state index contributed by atoms with van der Waals surface area (Å²) in [5, 5.41) is 11.2. The Morgan fingerprint density at radius 1 is 0.830 bits per heavy atom. The smallest absolute Gasteiger partial charge is 0.393 e. The number of aliphatic hydroxyl groups is 1. The van der Waals surface area contributed by atoms with Crippen molar-refractivity contribution in [2.75, 3.05) is 40.9 Å². The molecule has 2 aromatic carbocycles. The van der Waals surface area contributed by atoms with Gasteiger partial charge in [0.15, 0.2) is 0 Å². The van der Waals surface area contributed by atoms with E-state index in [4.69, 9.17) is 15.6 Å². The van der Waals surface area contributed by atoms with Crippen molar-refractivity contribution in [2.45, 2.75) is 102 Å². The van der Waals surface area contributed by atoms with Crippen LogP contribution < -0.4 is 0 Å². The molecule has 0 amide bonds. The maximum Gasteiger partial charge on any atom is 0.472 e. The predicted molar refractivity (Wildman–Crippen MR) is 195 cm³/mol. The van der Waals surface area contributed by atoms with Crippen LogP contribution in [0.25, 0.3) is 11.1 Å². The summed E-state index contributed by atoms with van der Waals surface area (Å²) in [5.41, 5.74) is 6.48. The van der Waals surface area contributed by atoms with Crippen LogP contribution in [-0.4, -0.2) is 61.5 Å². The number of benzene rings is 2. The molecule has 0 heterocycles. The van der Waals surface area contributed by atoms with Crippen LogP contribution in [0.3, 0.4) is 0 Å². The van der Waals surface area contributed by atoms with Crippen molar-refractivity contribution in [3.8, 4) is 0 Å². The van der Waals surface area contributed by atoms with Crippen molar-refractivity contribution in [3.05, 3.63) is 83.9 Å². The highest BCUT2D eigenvalue weighted by atomic mass is 31.2. The van der Waals surface area contributed by atoms with Crippen LogP contribution in [-0.2, 0) is 13.6 Å². The fourth-order valence-corrected chi connectivity index (χ4v) is 8.54. The van der Waals surface area contributed by atoms with Gasteiger partial charge in [-0.15, -0.1) is 0 Å². The lowest BCUT2D eigenvalue weighted by Gasteiger charge is -2.37. The third-order valence-electron chi connectivity index (χ3n) is 10.3. The van der Waals surface area contributed by atoms with Gasteiger partial charge in [0.05, 0.1) is 33.9 Å². The van der Waals surface area contributed by atoms with E-state index in [1.165, 1.54) is 79.2 Å². The monoisotopic (exact) mass is 666 g/mol. The highest BCUT2D eigenvalue weighted by Gasteiger charge is 2.56. The molecule has 2 aromatic rings. The molecule has 4 rings (SSSR count). The summed E-state index contributed by atoms with van der Waals surface area (Å²) in [5.74, 6) is 0.209. The molecule has 0 bridgehead atoms. The second kappa shape index (κ2) is 18.1. The number of likely N-dealkylation sites (N-methyl/N-ethyl adjacent to an activating group) is 1. The highest BCUT2D eigenvalue weighted by Crippen LogP contribution is 2.66. The van der Waals surface area contributed by atoms with Gasteiger partial charge in [0.2, 0.25) is 0 Å². The van der Waals surface area contributed by atoms with Gasteiger partial charge in [-0.3, -0.25) is 9.05 Å². The highest BCUT2D eigenvalue weighted by molar-refractivity contribution is 7.47. The van der Waals surface area contributed by atoms with Crippen LogP contribution in [0, 0.1) is 11.3 Å². The van der Waals surface area contributed by atoms with E-state index in [1.807, 2.05) is 21.1 Å². The molecule has 2 aliphatic rings. The summed E-state index contributed by atoms with van der Waals surface area (Å²) in [6, 6.07) is 21.5. The minimum atomic E-state index is -3.94. The van der Waals surface area contributed by atoms with Gasteiger partial charge < -0.3 is 14.5 Å².